The minimum atomic E-state index is -4.90. The lowest BCUT2D eigenvalue weighted by Gasteiger charge is -2.34. The van der Waals surface area contributed by atoms with Gasteiger partial charge in [-0.1, -0.05) is 46.3 Å². The fraction of sp³-hybridized carbons (Fsp3) is 0.243. The van der Waals surface area contributed by atoms with Crippen molar-refractivity contribution in [1.82, 2.24) is 24.3 Å². The van der Waals surface area contributed by atoms with Gasteiger partial charge in [-0.05, 0) is 67.1 Å². The molecule has 1 aliphatic heterocycles. The fourth-order valence-electron chi connectivity index (χ4n) is 6.07. The summed E-state index contributed by atoms with van der Waals surface area (Å²) in [5.74, 6) is -1.55. The molecule has 1 aliphatic rings. The zero-order valence-corrected chi connectivity index (χ0v) is 29.7. The average Bonchev–Trinajstić information content (AvgIpc) is 3.42. The van der Waals surface area contributed by atoms with Gasteiger partial charge in [0.05, 0.1) is 29.2 Å². The summed E-state index contributed by atoms with van der Waals surface area (Å²) in [6, 6.07) is 20.2. The second-order valence-electron chi connectivity index (χ2n) is 12.4. The lowest BCUT2D eigenvalue weighted by molar-refractivity contribution is -0.210. The quantitative estimate of drug-likeness (QED) is 0.159. The van der Waals surface area contributed by atoms with E-state index in [9.17, 15) is 45.8 Å². The van der Waals surface area contributed by atoms with Crippen LogP contribution in [-0.4, -0.2) is 60.9 Å². The van der Waals surface area contributed by atoms with Crippen molar-refractivity contribution in [2.75, 3.05) is 6.61 Å². The van der Waals surface area contributed by atoms with Gasteiger partial charge in [-0.15, -0.1) is 0 Å². The Labute approximate surface area is 311 Å². The number of fused-ring (bicyclic) bond motifs is 1. The second kappa shape index (κ2) is 15.1. The van der Waals surface area contributed by atoms with Gasteiger partial charge in [0.1, 0.15) is 18.1 Å². The molecule has 2 aromatic heterocycles. The fourth-order valence-corrected chi connectivity index (χ4v) is 6.54. The van der Waals surface area contributed by atoms with Crippen LogP contribution in [0.25, 0.3) is 16.9 Å². The number of aromatic nitrogens is 3. The van der Waals surface area contributed by atoms with Crippen LogP contribution in [0.2, 0.25) is 0 Å². The number of nitrogens with one attached hydrogen (secondary N) is 1. The van der Waals surface area contributed by atoms with E-state index in [1.807, 2.05) is 18.2 Å². The molecule has 2 N–H and O–H groups in total. The summed E-state index contributed by atoms with van der Waals surface area (Å²) in [5.41, 5.74) is 0.148. The number of imidazole rings is 1. The van der Waals surface area contributed by atoms with Gasteiger partial charge in [0.15, 0.2) is 6.10 Å². The van der Waals surface area contributed by atoms with Gasteiger partial charge in [-0.2, -0.15) is 26.3 Å². The maximum Gasteiger partial charge on any atom is 0.417 e. The molecule has 2 atom stereocenters. The van der Waals surface area contributed by atoms with Crippen molar-refractivity contribution >= 4 is 27.7 Å². The van der Waals surface area contributed by atoms with Crippen molar-refractivity contribution in [2.24, 2.45) is 0 Å². The summed E-state index contributed by atoms with van der Waals surface area (Å²) in [5, 5.41) is 12.2. The predicted octanol–water partition coefficient (Wildman–Crippen LogP) is 6.76. The number of halogens is 7. The Hall–Kier alpha value is -5.42. The molecule has 3 heterocycles. The van der Waals surface area contributed by atoms with Gasteiger partial charge in [0.25, 0.3) is 11.8 Å². The number of rotatable bonds is 9. The molecule has 3 aromatic carbocycles. The number of ether oxygens (including phenoxy) is 1. The molecule has 0 spiro atoms. The first-order chi connectivity index (χ1) is 25.5. The van der Waals surface area contributed by atoms with Crippen molar-refractivity contribution in [3.63, 3.8) is 0 Å². The molecule has 17 heteroatoms. The molecule has 0 saturated heterocycles. The maximum atomic E-state index is 14.2. The van der Waals surface area contributed by atoms with Crippen molar-refractivity contribution in [2.45, 2.75) is 51.1 Å². The van der Waals surface area contributed by atoms with E-state index in [0.717, 1.165) is 22.3 Å². The lowest BCUT2D eigenvalue weighted by Crippen LogP contribution is -2.47. The summed E-state index contributed by atoms with van der Waals surface area (Å²) in [4.78, 5) is 47.7. The molecule has 0 aliphatic carbocycles. The van der Waals surface area contributed by atoms with Gasteiger partial charge in [0, 0.05) is 40.9 Å². The number of benzene rings is 3. The highest BCUT2D eigenvalue weighted by Gasteiger charge is 2.39. The summed E-state index contributed by atoms with van der Waals surface area (Å²) in [7, 11) is 0. The first-order valence-corrected chi connectivity index (χ1v) is 17.1. The summed E-state index contributed by atoms with van der Waals surface area (Å²) in [6.45, 7) is 0.0701. The number of pyridine rings is 1. The Morgan fingerprint density at radius 1 is 1.00 bits per heavy atom. The van der Waals surface area contributed by atoms with E-state index in [2.05, 4.69) is 26.2 Å². The molecule has 282 valence electrons. The SMILES string of the molecule is C[C@@H]1Cn2c(c(C(=O)NCc3ccccc3-c3ccccn3)n(-c3ccc(OC[C@H](O)C(F)(F)F)cc3)c2=O)CN1C(=O)c1ccc(Br)c(C(F)(F)F)c1. The van der Waals surface area contributed by atoms with E-state index in [4.69, 9.17) is 4.74 Å². The highest BCUT2D eigenvalue weighted by molar-refractivity contribution is 9.10. The van der Waals surface area contributed by atoms with Crippen LogP contribution in [-0.2, 0) is 25.8 Å². The number of carbonyl (C=O) groups is 2. The van der Waals surface area contributed by atoms with Crippen LogP contribution in [0, 0.1) is 0 Å². The number of hydrogen-bond acceptors (Lipinski definition) is 6. The van der Waals surface area contributed by atoms with Crippen molar-refractivity contribution in [3.8, 4) is 22.7 Å². The van der Waals surface area contributed by atoms with Crippen LogP contribution in [0.4, 0.5) is 26.3 Å². The molecule has 54 heavy (non-hydrogen) atoms. The highest BCUT2D eigenvalue weighted by Crippen LogP contribution is 2.36. The number of nitrogens with zero attached hydrogens (tertiary/aromatic N) is 4. The molecule has 10 nitrogen and oxygen atoms in total. The van der Waals surface area contributed by atoms with E-state index in [-0.39, 0.29) is 52.5 Å². The Kier molecular flexibility index (Phi) is 10.7. The van der Waals surface area contributed by atoms with E-state index in [1.54, 1.807) is 37.4 Å². The number of hydrogen-bond donors (Lipinski definition) is 2. The first-order valence-electron chi connectivity index (χ1n) is 16.3. The topological polar surface area (TPSA) is 119 Å². The number of alkyl halides is 6. The van der Waals surface area contributed by atoms with E-state index in [1.165, 1.54) is 39.8 Å². The van der Waals surface area contributed by atoms with E-state index >= 15 is 0 Å². The standard InChI is InChI=1S/C37H30BrF6N5O5/c1-21-18-48-30(19-47(21)34(52)22-9-14-28(38)27(16-22)36(39,40)41)32(33(51)46-17-23-6-2-3-7-26(23)29-8-4-5-15-45-29)49(35(48)53)24-10-12-25(13-11-24)54-20-31(50)37(42,43)44/h2-16,21,31,50H,17-20H2,1H3,(H,46,51)/t21-,31+/m1/s1. The third-order valence-corrected chi connectivity index (χ3v) is 9.51. The normalized spacial score (nSPS) is 15.1. The third kappa shape index (κ3) is 7.91. The summed E-state index contributed by atoms with van der Waals surface area (Å²) >= 11 is 2.88. The third-order valence-electron chi connectivity index (χ3n) is 8.82. The van der Waals surface area contributed by atoms with Crippen LogP contribution in [0.1, 0.15) is 44.6 Å². The smallest absolute Gasteiger partial charge is 0.417 e. The number of carbonyl (C=O) groups excluding carboxylic acids is 2. The Bertz CT molecular complexity index is 2240. The van der Waals surface area contributed by atoms with E-state index in [0.29, 0.717) is 11.3 Å². The molecule has 0 fully saturated rings. The first kappa shape index (κ1) is 38.3. The molecular formula is C37H30BrF6N5O5. The zero-order valence-electron chi connectivity index (χ0n) is 28.2. The number of aliphatic hydroxyl groups excluding tert-OH is 1. The Morgan fingerprint density at radius 2 is 1.70 bits per heavy atom. The molecule has 6 rings (SSSR count). The van der Waals surface area contributed by atoms with Gasteiger partial charge in [-0.25, -0.2) is 4.79 Å². The van der Waals surface area contributed by atoms with Crippen LogP contribution in [0.15, 0.2) is 100 Å². The molecule has 0 radical (unpaired) electrons. The van der Waals surface area contributed by atoms with Crippen LogP contribution in [0.5, 0.6) is 5.75 Å². The molecule has 0 saturated carbocycles. The van der Waals surface area contributed by atoms with Gasteiger partial charge in [-0.3, -0.25) is 23.7 Å². The highest BCUT2D eigenvalue weighted by atomic mass is 79.9. The molecular weight excluding hydrogens is 788 g/mol. The maximum absolute atomic E-state index is 14.2. The minimum absolute atomic E-state index is 0.0170. The van der Waals surface area contributed by atoms with Crippen molar-refractivity contribution in [3.05, 3.63) is 134 Å². The van der Waals surface area contributed by atoms with Crippen molar-refractivity contribution < 1.29 is 45.8 Å². The Balaban J connectivity index is 1.37. The van der Waals surface area contributed by atoms with Crippen LogP contribution >= 0.6 is 15.9 Å². The monoisotopic (exact) mass is 817 g/mol. The van der Waals surface area contributed by atoms with Crippen LogP contribution in [0.3, 0.4) is 0 Å². The number of aliphatic hydroxyl groups is 1. The van der Waals surface area contributed by atoms with E-state index < -0.39 is 54.2 Å². The lowest BCUT2D eigenvalue weighted by atomic mass is 10.0. The second-order valence-corrected chi connectivity index (χ2v) is 13.3. The predicted molar refractivity (Wildman–Crippen MR) is 187 cm³/mol. The van der Waals surface area contributed by atoms with Gasteiger partial charge < -0.3 is 20.1 Å². The zero-order chi connectivity index (χ0) is 38.9. The summed E-state index contributed by atoms with van der Waals surface area (Å²) in [6.07, 6.45) is -10.8. The molecule has 2 amide bonds. The largest absolute Gasteiger partial charge is 0.491 e. The van der Waals surface area contributed by atoms with Crippen molar-refractivity contribution in [1.29, 1.82) is 0 Å². The minimum Gasteiger partial charge on any atom is -0.491 e. The number of amides is 2. The Morgan fingerprint density at radius 3 is 2.37 bits per heavy atom. The molecule has 0 bridgehead atoms. The van der Waals surface area contributed by atoms with Gasteiger partial charge in [0.2, 0.25) is 0 Å². The van der Waals surface area contributed by atoms with Crippen LogP contribution < -0.4 is 15.7 Å². The molecule has 5 aromatic rings. The van der Waals surface area contributed by atoms with Gasteiger partial charge >= 0.3 is 18.0 Å². The molecule has 0 unspecified atom stereocenters. The average molecular weight is 819 g/mol. The summed E-state index contributed by atoms with van der Waals surface area (Å²) < 4.78 is 86.8.